The second-order valence-electron chi connectivity index (χ2n) is 5.45. The lowest BCUT2D eigenvalue weighted by Crippen LogP contribution is -2.38. The summed E-state index contributed by atoms with van der Waals surface area (Å²) in [6.07, 6.45) is 0. The molecule has 2 aromatic carbocycles. The fraction of sp³-hybridized carbons (Fsp3) is 0.278. The summed E-state index contributed by atoms with van der Waals surface area (Å²) < 4.78 is 0. The molecule has 1 unspecified atom stereocenters. The third-order valence-electron chi connectivity index (χ3n) is 3.64. The Morgan fingerprint density at radius 1 is 1.14 bits per heavy atom. The first-order valence-electron chi connectivity index (χ1n) is 7.35. The Bertz CT molecular complexity index is 615. The summed E-state index contributed by atoms with van der Waals surface area (Å²) in [5, 5.41) is 3.64. The van der Waals surface area contributed by atoms with E-state index >= 15 is 0 Å². The van der Waals surface area contributed by atoms with E-state index < -0.39 is 0 Å². The first-order chi connectivity index (χ1) is 10.6. The van der Waals surface area contributed by atoms with Crippen molar-refractivity contribution in [3.63, 3.8) is 0 Å². The topological polar surface area (TPSA) is 32.3 Å². The Kier molecular flexibility index (Phi) is 5.84. The number of rotatable bonds is 5. The Balaban J connectivity index is 1.85. The van der Waals surface area contributed by atoms with Crippen LogP contribution in [-0.2, 0) is 6.54 Å². The summed E-state index contributed by atoms with van der Waals surface area (Å²) in [4.78, 5) is 13.8. The molecule has 0 aromatic heterocycles. The summed E-state index contributed by atoms with van der Waals surface area (Å²) >= 11 is 6.12. The largest absolute Gasteiger partial charge is 0.337 e. The third kappa shape index (κ3) is 4.50. The zero-order valence-electron chi connectivity index (χ0n) is 12.9. The molecule has 1 N–H and O–H groups in total. The van der Waals surface area contributed by atoms with Gasteiger partial charge in [-0.15, -0.1) is 0 Å². The minimum Gasteiger partial charge on any atom is -0.337 e. The van der Waals surface area contributed by atoms with Gasteiger partial charge in [0, 0.05) is 25.2 Å². The Hall–Kier alpha value is -2.00. The van der Waals surface area contributed by atoms with E-state index in [0.717, 1.165) is 5.56 Å². The Labute approximate surface area is 136 Å². The number of hydrogen-bond donors (Lipinski definition) is 1. The van der Waals surface area contributed by atoms with Crippen molar-refractivity contribution in [1.29, 1.82) is 0 Å². The van der Waals surface area contributed by atoms with Crippen LogP contribution in [0.2, 0.25) is 5.02 Å². The van der Waals surface area contributed by atoms with Gasteiger partial charge < -0.3 is 10.2 Å². The van der Waals surface area contributed by atoms with E-state index in [1.807, 2.05) is 42.5 Å². The number of benzene rings is 2. The molecule has 4 heteroatoms. The molecule has 0 aliphatic heterocycles. The van der Waals surface area contributed by atoms with Crippen LogP contribution in [0, 0.1) is 0 Å². The SMILES string of the molecule is CC(CNC(=O)N(C)Cc1ccccc1Cl)c1ccccc1. The van der Waals surface area contributed by atoms with Gasteiger partial charge in [-0.2, -0.15) is 0 Å². The van der Waals surface area contributed by atoms with Crippen molar-refractivity contribution in [2.24, 2.45) is 0 Å². The molecule has 2 amide bonds. The van der Waals surface area contributed by atoms with E-state index in [1.54, 1.807) is 11.9 Å². The van der Waals surface area contributed by atoms with E-state index in [1.165, 1.54) is 5.56 Å². The molecule has 116 valence electrons. The van der Waals surface area contributed by atoms with Gasteiger partial charge in [-0.1, -0.05) is 67.1 Å². The van der Waals surface area contributed by atoms with E-state index in [9.17, 15) is 4.79 Å². The second-order valence-corrected chi connectivity index (χ2v) is 5.85. The quantitative estimate of drug-likeness (QED) is 0.877. The Morgan fingerprint density at radius 3 is 2.45 bits per heavy atom. The first kappa shape index (κ1) is 16.4. The number of carbonyl (C=O) groups excluding carboxylic acids is 1. The van der Waals surface area contributed by atoms with E-state index in [-0.39, 0.29) is 11.9 Å². The highest BCUT2D eigenvalue weighted by molar-refractivity contribution is 6.31. The molecular formula is C18H21ClN2O. The molecule has 2 rings (SSSR count). The maximum atomic E-state index is 12.2. The lowest BCUT2D eigenvalue weighted by Gasteiger charge is -2.20. The minimum atomic E-state index is -0.0947. The maximum absolute atomic E-state index is 12.2. The van der Waals surface area contributed by atoms with Crippen molar-refractivity contribution in [3.05, 3.63) is 70.7 Å². The zero-order chi connectivity index (χ0) is 15.9. The number of carbonyl (C=O) groups is 1. The number of urea groups is 1. The lowest BCUT2D eigenvalue weighted by atomic mass is 10.0. The highest BCUT2D eigenvalue weighted by Gasteiger charge is 2.12. The van der Waals surface area contributed by atoms with Gasteiger partial charge in [-0.05, 0) is 23.1 Å². The molecule has 0 saturated heterocycles. The smallest absolute Gasteiger partial charge is 0.317 e. The van der Waals surface area contributed by atoms with Gasteiger partial charge in [0.2, 0.25) is 0 Å². The molecule has 0 spiro atoms. The van der Waals surface area contributed by atoms with E-state index in [2.05, 4.69) is 24.4 Å². The number of nitrogens with one attached hydrogen (secondary N) is 1. The van der Waals surface area contributed by atoms with Crippen molar-refractivity contribution in [3.8, 4) is 0 Å². The highest BCUT2D eigenvalue weighted by Crippen LogP contribution is 2.17. The molecular weight excluding hydrogens is 296 g/mol. The molecule has 0 bridgehead atoms. The standard InChI is InChI=1S/C18H21ClN2O/c1-14(15-8-4-3-5-9-15)12-20-18(22)21(2)13-16-10-6-7-11-17(16)19/h3-11,14H,12-13H2,1-2H3,(H,20,22). The number of nitrogens with zero attached hydrogens (tertiary/aromatic N) is 1. The lowest BCUT2D eigenvalue weighted by molar-refractivity contribution is 0.206. The van der Waals surface area contributed by atoms with Crippen molar-refractivity contribution in [1.82, 2.24) is 10.2 Å². The summed E-state index contributed by atoms with van der Waals surface area (Å²) in [6, 6.07) is 17.6. The third-order valence-corrected chi connectivity index (χ3v) is 4.01. The van der Waals surface area contributed by atoms with Gasteiger partial charge in [0.1, 0.15) is 0 Å². The molecule has 22 heavy (non-hydrogen) atoms. The van der Waals surface area contributed by atoms with Crippen molar-refractivity contribution in [2.75, 3.05) is 13.6 Å². The molecule has 3 nitrogen and oxygen atoms in total. The number of hydrogen-bond acceptors (Lipinski definition) is 1. The summed E-state index contributed by atoms with van der Waals surface area (Å²) in [6.45, 7) is 3.20. The predicted octanol–water partition coefficient (Wildman–Crippen LogP) is 4.29. The first-order valence-corrected chi connectivity index (χ1v) is 7.73. The molecule has 0 aliphatic carbocycles. The van der Waals surface area contributed by atoms with Gasteiger partial charge in [-0.3, -0.25) is 0 Å². The fourth-order valence-electron chi connectivity index (χ4n) is 2.23. The normalized spacial score (nSPS) is 11.8. The summed E-state index contributed by atoms with van der Waals surface area (Å²) in [7, 11) is 1.77. The molecule has 0 heterocycles. The monoisotopic (exact) mass is 316 g/mol. The van der Waals surface area contributed by atoms with Crippen LogP contribution in [0.5, 0.6) is 0 Å². The zero-order valence-corrected chi connectivity index (χ0v) is 13.7. The van der Waals surface area contributed by atoms with Gasteiger partial charge in [0.25, 0.3) is 0 Å². The molecule has 0 saturated carbocycles. The van der Waals surface area contributed by atoms with Crippen LogP contribution in [0.1, 0.15) is 24.0 Å². The molecule has 1 atom stereocenters. The Morgan fingerprint density at radius 2 is 1.77 bits per heavy atom. The van der Waals surface area contributed by atoms with Crippen LogP contribution >= 0.6 is 11.6 Å². The van der Waals surface area contributed by atoms with Crippen molar-refractivity contribution in [2.45, 2.75) is 19.4 Å². The number of amides is 2. The van der Waals surface area contributed by atoms with Gasteiger partial charge in [0.15, 0.2) is 0 Å². The van der Waals surface area contributed by atoms with Crippen LogP contribution in [0.15, 0.2) is 54.6 Å². The average Bonchev–Trinajstić information content (AvgIpc) is 2.55. The maximum Gasteiger partial charge on any atom is 0.317 e. The average molecular weight is 317 g/mol. The fourth-order valence-corrected chi connectivity index (χ4v) is 2.42. The summed E-state index contributed by atoms with van der Waals surface area (Å²) in [5.74, 6) is 0.277. The van der Waals surface area contributed by atoms with Crippen molar-refractivity contribution >= 4 is 17.6 Å². The highest BCUT2D eigenvalue weighted by atomic mass is 35.5. The van der Waals surface area contributed by atoms with Crippen LogP contribution in [0.3, 0.4) is 0 Å². The van der Waals surface area contributed by atoms with Gasteiger partial charge in [0.05, 0.1) is 0 Å². The van der Waals surface area contributed by atoms with Crippen LogP contribution in [0.4, 0.5) is 4.79 Å². The van der Waals surface area contributed by atoms with Gasteiger partial charge >= 0.3 is 6.03 Å². The molecule has 2 aromatic rings. The number of halogens is 1. The van der Waals surface area contributed by atoms with Crippen LogP contribution in [-0.4, -0.2) is 24.5 Å². The van der Waals surface area contributed by atoms with Crippen LogP contribution < -0.4 is 5.32 Å². The second kappa shape index (κ2) is 7.85. The van der Waals surface area contributed by atoms with E-state index in [4.69, 9.17) is 11.6 Å². The molecule has 0 fully saturated rings. The minimum absolute atomic E-state index is 0.0947. The van der Waals surface area contributed by atoms with Crippen molar-refractivity contribution < 1.29 is 4.79 Å². The van der Waals surface area contributed by atoms with E-state index in [0.29, 0.717) is 18.1 Å². The summed E-state index contributed by atoms with van der Waals surface area (Å²) in [5.41, 5.74) is 2.16. The van der Waals surface area contributed by atoms with Gasteiger partial charge in [-0.25, -0.2) is 4.79 Å². The van der Waals surface area contributed by atoms with Crippen LogP contribution in [0.25, 0.3) is 0 Å². The predicted molar refractivity (Wildman–Crippen MR) is 91.2 cm³/mol. The molecule has 0 aliphatic rings. The molecule has 0 radical (unpaired) electrons.